The molecule has 132 valence electrons. The summed E-state index contributed by atoms with van der Waals surface area (Å²) in [5.74, 6) is 0.432. The first-order valence-corrected chi connectivity index (χ1v) is 9.63. The Morgan fingerprint density at radius 1 is 1.08 bits per heavy atom. The molecule has 2 aromatic rings. The van der Waals surface area contributed by atoms with Gasteiger partial charge >= 0.3 is 0 Å². The van der Waals surface area contributed by atoms with Crippen molar-refractivity contribution < 1.29 is 17.9 Å². The Kier molecular flexibility index (Phi) is 5.06. The summed E-state index contributed by atoms with van der Waals surface area (Å²) in [5, 5.41) is 2.77. The van der Waals surface area contributed by atoms with Crippen LogP contribution in [0.2, 0.25) is 0 Å². The fourth-order valence-corrected chi connectivity index (χ4v) is 3.58. The Labute approximate surface area is 147 Å². The van der Waals surface area contributed by atoms with Crippen molar-refractivity contribution in [2.75, 3.05) is 11.9 Å². The monoisotopic (exact) mass is 360 g/mol. The van der Waals surface area contributed by atoms with Gasteiger partial charge in [0.1, 0.15) is 5.75 Å². The van der Waals surface area contributed by atoms with Gasteiger partial charge in [-0.3, -0.25) is 4.79 Å². The zero-order valence-electron chi connectivity index (χ0n) is 13.9. The van der Waals surface area contributed by atoms with Gasteiger partial charge < -0.3 is 10.1 Å². The van der Waals surface area contributed by atoms with Crippen molar-refractivity contribution in [3.8, 4) is 5.75 Å². The number of rotatable bonds is 7. The summed E-state index contributed by atoms with van der Waals surface area (Å²) in [7, 11) is -3.50. The first-order chi connectivity index (χ1) is 12.0. The van der Waals surface area contributed by atoms with Crippen LogP contribution in [0.5, 0.6) is 5.75 Å². The van der Waals surface area contributed by atoms with E-state index in [1.807, 2.05) is 6.92 Å². The van der Waals surface area contributed by atoms with Crippen LogP contribution in [0.1, 0.15) is 30.1 Å². The molecule has 7 heteroatoms. The standard InChI is InChI=1S/C18H20N2O4S/c1-2-24-16-9-7-14(8-10-16)19-18(21)13-3-11-17(12-4-13)25(22,23)20-15-5-6-15/h3-4,7-12,15,20H,2,5-6H2,1H3,(H,19,21). The number of hydrogen-bond acceptors (Lipinski definition) is 4. The van der Waals surface area contributed by atoms with Gasteiger partial charge in [0.15, 0.2) is 0 Å². The molecule has 1 fully saturated rings. The van der Waals surface area contributed by atoms with Crippen molar-refractivity contribution >= 4 is 21.6 Å². The van der Waals surface area contributed by atoms with Crippen molar-refractivity contribution in [3.05, 3.63) is 54.1 Å². The van der Waals surface area contributed by atoms with Crippen molar-refractivity contribution in [2.45, 2.75) is 30.7 Å². The second-order valence-electron chi connectivity index (χ2n) is 5.83. The van der Waals surface area contributed by atoms with Crippen LogP contribution in [0.15, 0.2) is 53.4 Å². The molecule has 0 heterocycles. The minimum atomic E-state index is -3.50. The molecule has 0 radical (unpaired) electrons. The molecular weight excluding hydrogens is 340 g/mol. The van der Waals surface area contributed by atoms with E-state index in [2.05, 4.69) is 10.0 Å². The predicted octanol–water partition coefficient (Wildman–Crippen LogP) is 2.78. The number of benzene rings is 2. The molecule has 6 nitrogen and oxygen atoms in total. The highest BCUT2D eigenvalue weighted by Gasteiger charge is 2.27. The van der Waals surface area contributed by atoms with Crippen molar-refractivity contribution in [2.24, 2.45) is 0 Å². The molecule has 25 heavy (non-hydrogen) atoms. The number of carbonyl (C=O) groups excluding carboxylic acids is 1. The average molecular weight is 360 g/mol. The number of carbonyl (C=O) groups is 1. The lowest BCUT2D eigenvalue weighted by Gasteiger charge is -2.08. The SMILES string of the molecule is CCOc1ccc(NC(=O)c2ccc(S(=O)(=O)NC3CC3)cc2)cc1. The maximum atomic E-state index is 12.3. The van der Waals surface area contributed by atoms with Crippen molar-refractivity contribution in [3.63, 3.8) is 0 Å². The van der Waals surface area contributed by atoms with E-state index >= 15 is 0 Å². The van der Waals surface area contributed by atoms with Gasteiger partial charge in [0.25, 0.3) is 5.91 Å². The largest absolute Gasteiger partial charge is 0.494 e. The second-order valence-corrected chi connectivity index (χ2v) is 7.55. The van der Waals surface area contributed by atoms with E-state index in [0.717, 1.165) is 18.6 Å². The maximum Gasteiger partial charge on any atom is 0.255 e. The van der Waals surface area contributed by atoms with E-state index in [-0.39, 0.29) is 16.8 Å². The van der Waals surface area contributed by atoms with Crippen LogP contribution in [-0.2, 0) is 10.0 Å². The highest BCUT2D eigenvalue weighted by Crippen LogP contribution is 2.22. The van der Waals surface area contributed by atoms with Crippen LogP contribution in [0.4, 0.5) is 5.69 Å². The normalized spacial score (nSPS) is 14.1. The number of sulfonamides is 1. The average Bonchev–Trinajstić information content (AvgIpc) is 3.40. The van der Waals surface area contributed by atoms with Crippen molar-refractivity contribution in [1.29, 1.82) is 0 Å². The number of ether oxygens (including phenoxy) is 1. The summed E-state index contributed by atoms with van der Waals surface area (Å²) in [4.78, 5) is 12.4. The Morgan fingerprint density at radius 2 is 1.72 bits per heavy atom. The maximum absolute atomic E-state index is 12.3. The van der Waals surface area contributed by atoms with Gasteiger partial charge in [-0.25, -0.2) is 13.1 Å². The summed E-state index contributed by atoms with van der Waals surface area (Å²) in [6.45, 7) is 2.48. The molecule has 0 aliphatic heterocycles. The molecule has 0 atom stereocenters. The van der Waals surface area contributed by atoms with Gasteiger partial charge in [-0.05, 0) is 68.3 Å². The number of hydrogen-bond donors (Lipinski definition) is 2. The second kappa shape index (κ2) is 7.25. The lowest BCUT2D eigenvalue weighted by Crippen LogP contribution is -2.25. The molecule has 0 saturated heterocycles. The molecule has 2 N–H and O–H groups in total. The lowest BCUT2D eigenvalue weighted by atomic mass is 10.2. The molecule has 2 aromatic carbocycles. The third-order valence-corrected chi connectivity index (χ3v) is 5.29. The van der Waals surface area contributed by atoms with E-state index in [4.69, 9.17) is 4.74 Å². The molecule has 1 amide bonds. The summed E-state index contributed by atoms with van der Waals surface area (Å²) < 4.78 is 32.2. The fraction of sp³-hybridized carbons (Fsp3) is 0.278. The summed E-state index contributed by atoms with van der Waals surface area (Å²) >= 11 is 0. The molecule has 3 rings (SSSR count). The zero-order valence-corrected chi connectivity index (χ0v) is 14.7. The number of anilines is 1. The van der Waals surface area contributed by atoms with E-state index in [1.54, 1.807) is 24.3 Å². The summed E-state index contributed by atoms with van der Waals surface area (Å²) in [5.41, 5.74) is 1.03. The summed E-state index contributed by atoms with van der Waals surface area (Å²) in [6.07, 6.45) is 1.75. The number of amides is 1. The Hall–Kier alpha value is -2.38. The quantitative estimate of drug-likeness (QED) is 0.795. The fourth-order valence-electron chi connectivity index (χ4n) is 2.28. The van der Waals surface area contributed by atoms with Crippen LogP contribution in [0.25, 0.3) is 0 Å². The van der Waals surface area contributed by atoms with Crippen LogP contribution in [0, 0.1) is 0 Å². The van der Waals surface area contributed by atoms with Crippen LogP contribution in [-0.4, -0.2) is 27.0 Å². The van der Waals surface area contributed by atoms with E-state index in [9.17, 15) is 13.2 Å². The molecule has 0 spiro atoms. The minimum Gasteiger partial charge on any atom is -0.494 e. The van der Waals surface area contributed by atoms with E-state index in [1.165, 1.54) is 24.3 Å². The highest BCUT2D eigenvalue weighted by atomic mass is 32.2. The highest BCUT2D eigenvalue weighted by molar-refractivity contribution is 7.89. The predicted molar refractivity (Wildman–Crippen MR) is 95.3 cm³/mol. The van der Waals surface area contributed by atoms with Gasteiger partial charge in [0, 0.05) is 17.3 Å². The van der Waals surface area contributed by atoms with Crippen LogP contribution in [0.3, 0.4) is 0 Å². The Bertz CT molecular complexity index is 842. The van der Waals surface area contributed by atoms with Gasteiger partial charge in [0.2, 0.25) is 10.0 Å². The Balaban J connectivity index is 1.66. The molecule has 0 aromatic heterocycles. The van der Waals surface area contributed by atoms with E-state index in [0.29, 0.717) is 17.9 Å². The Morgan fingerprint density at radius 3 is 2.28 bits per heavy atom. The smallest absolute Gasteiger partial charge is 0.255 e. The molecule has 0 unspecified atom stereocenters. The van der Waals surface area contributed by atoms with Crippen LogP contribution < -0.4 is 14.8 Å². The molecule has 1 aliphatic rings. The number of nitrogens with one attached hydrogen (secondary N) is 2. The molecular formula is C18H20N2O4S. The van der Waals surface area contributed by atoms with Crippen molar-refractivity contribution in [1.82, 2.24) is 4.72 Å². The molecule has 1 aliphatic carbocycles. The third kappa shape index (κ3) is 4.58. The third-order valence-electron chi connectivity index (χ3n) is 3.75. The molecule has 1 saturated carbocycles. The van der Waals surface area contributed by atoms with Gasteiger partial charge in [-0.1, -0.05) is 0 Å². The molecule has 0 bridgehead atoms. The first kappa shape index (κ1) is 17.4. The topological polar surface area (TPSA) is 84.5 Å². The van der Waals surface area contributed by atoms with Gasteiger partial charge in [-0.2, -0.15) is 0 Å². The minimum absolute atomic E-state index is 0.0487. The van der Waals surface area contributed by atoms with Gasteiger partial charge in [-0.15, -0.1) is 0 Å². The first-order valence-electron chi connectivity index (χ1n) is 8.14. The van der Waals surface area contributed by atoms with Gasteiger partial charge in [0.05, 0.1) is 11.5 Å². The van der Waals surface area contributed by atoms with E-state index < -0.39 is 10.0 Å². The lowest BCUT2D eigenvalue weighted by molar-refractivity contribution is 0.102. The zero-order chi connectivity index (χ0) is 17.9. The van der Waals surface area contributed by atoms with Crippen LogP contribution >= 0.6 is 0 Å². The summed E-state index contributed by atoms with van der Waals surface area (Å²) in [6, 6.07) is 13.0.